The van der Waals surface area contributed by atoms with Gasteiger partial charge in [-0.2, -0.15) is 5.10 Å². The molecule has 18 heavy (non-hydrogen) atoms. The molecule has 0 saturated carbocycles. The zero-order valence-corrected chi connectivity index (χ0v) is 9.65. The van der Waals surface area contributed by atoms with Gasteiger partial charge in [-0.3, -0.25) is 4.57 Å². The van der Waals surface area contributed by atoms with Crippen molar-refractivity contribution >= 4 is 0 Å². The number of halogens is 2. The van der Waals surface area contributed by atoms with E-state index in [-0.39, 0.29) is 17.6 Å². The smallest absolute Gasteiger partial charge is 0.271 e. The minimum absolute atomic E-state index is 0.0836. The van der Waals surface area contributed by atoms with E-state index in [1.54, 1.807) is 0 Å². The molecule has 1 N–H and O–H groups in total. The van der Waals surface area contributed by atoms with E-state index in [1.807, 2.05) is 6.92 Å². The van der Waals surface area contributed by atoms with Crippen LogP contribution in [0, 0.1) is 11.6 Å². The van der Waals surface area contributed by atoms with Crippen LogP contribution in [0.5, 0.6) is 0 Å². The predicted molar refractivity (Wildman–Crippen MR) is 60.4 cm³/mol. The molecular formula is C12H11F2N3O. The van der Waals surface area contributed by atoms with Crippen molar-refractivity contribution in [3.05, 3.63) is 51.7 Å². The van der Waals surface area contributed by atoms with Crippen LogP contribution in [-0.2, 0) is 0 Å². The molecule has 1 aromatic carbocycles. The molecule has 0 bridgehead atoms. The number of hydrogen-bond donors (Lipinski definition) is 1. The zero-order valence-electron chi connectivity index (χ0n) is 9.65. The zero-order chi connectivity index (χ0) is 12.9. The Morgan fingerprint density at radius 2 is 2.00 bits per heavy atom. The number of aromatic nitrogens is 3. The molecule has 3 rings (SSSR count). The third-order valence-electron chi connectivity index (χ3n) is 3.33. The van der Waals surface area contributed by atoms with Gasteiger partial charge in [-0.1, -0.05) is 6.92 Å². The average molecular weight is 251 g/mol. The molecule has 2 aromatic rings. The molecular weight excluding hydrogens is 240 g/mol. The Morgan fingerprint density at radius 1 is 1.33 bits per heavy atom. The van der Waals surface area contributed by atoms with Crippen LogP contribution in [0.25, 0.3) is 0 Å². The first-order valence-corrected chi connectivity index (χ1v) is 5.69. The number of aromatic amines is 1. The van der Waals surface area contributed by atoms with Crippen molar-refractivity contribution in [3.63, 3.8) is 0 Å². The summed E-state index contributed by atoms with van der Waals surface area (Å²) in [6.45, 7) is 1.93. The Labute approximate surface area is 101 Å². The largest absolute Gasteiger partial charge is 0.343 e. The third-order valence-corrected chi connectivity index (χ3v) is 3.33. The van der Waals surface area contributed by atoms with Gasteiger partial charge in [0.05, 0.1) is 6.04 Å². The molecule has 1 aliphatic heterocycles. The number of H-pyrrole nitrogens is 1. The van der Waals surface area contributed by atoms with Gasteiger partial charge in [0.1, 0.15) is 17.5 Å². The van der Waals surface area contributed by atoms with Gasteiger partial charge in [0, 0.05) is 12.0 Å². The second-order valence-electron chi connectivity index (χ2n) is 4.61. The minimum atomic E-state index is -0.636. The van der Waals surface area contributed by atoms with Gasteiger partial charge in [-0.05, 0) is 24.1 Å². The molecule has 2 atom stereocenters. The Hall–Kier alpha value is -1.98. The summed E-state index contributed by atoms with van der Waals surface area (Å²) in [5, 5.41) is 6.30. The van der Waals surface area contributed by atoms with E-state index in [2.05, 4.69) is 10.2 Å². The van der Waals surface area contributed by atoms with E-state index in [9.17, 15) is 13.6 Å². The van der Waals surface area contributed by atoms with E-state index in [0.717, 1.165) is 6.07 Å². The van der Waals surface area contributed by atoms with Gasteiger partial charge < -0.3 is 0 Å². The Morgan fingerprint density at radius 3 is 2.67 bits per heavy atom. The first-order valence-electron chi connectivity index (χ1n) is 5.69. The van der Waals surface area contributed by atoms with Crippen LogP contribution in [-0.4, -0.2) is 14.8 Å². The molecule has 94 valence electrons. The highest BCUT2D eigenvalue weighted by Crippen LogP contribution is 2.37. The second-order valence-corrected chi connectivity index (χ2v) is 4.61. The maximum atomic E-state index is 13.2. The Bertz CT molecular complexity index is 641. The molecule has 0 unspecified atom stereocenters. The topological polar surface area (TPSA) is 50.7 Å². The number of hydrogen-bond acceptors (Lipinski definition) is 2. The quantitative estimate of drug-likeness (QED) is 0.842. The predicted octanol–water partition coefficient (Wildman–Crippen LogP) is 1.95. The number of nitrogens with zero attached hydrogens (tertiary/aromatic N) is 2. The fourth-order valence-corrected chi connectivity index (χ4v) is 2.56. The summed E-state index contributed by atoms with van der Waals surface area (Å²) in [5.74, 6) is -0.555. The van der Waals surface area contributed by atoms with E-state index in [4.69, 9.17) is 0 Å². The molecule has 0 saturated heterocycles. The van der Waals surface area contributed by atoms with E-state index in [1.165, 1.54) is 16.7 Å². The summed E-state index contributed by atoms with van der Waals surface area (Å²) in [5.41, 5.74) is 0.116. The Kier molecular flexibility index (Phi) is 2.33. The van der Waals surface area contributed by atoms with Crippen molar-refractivity contribution in [1.29, 1.82) is 0 Å². The van der Waals surface area contributed by atoms with Crippen LogP contribution in [0.2, 0.25) is 0 Å². The summed E-state index contributed by atoms with van der Waals surface area (Å²) >= 11 is 0. The number of benzene rings is 1. The van der Waals surface area contributed by atoms with Gasteiger partial charge >= 0.3 is 5.69 Å². The van der Waals surface area contributed by atoms with Crippen LogP contribution in [0.1, 0.15) is 36.7 Å². The lowest BCUT2D eigenvalue weighted by Crippen LogP contribution is -2.20. The average Bonchev–Trinajstić information content (AvgIpc) is 2.81. The van der Waals surface area contributed by atoms with E-state index in [0.29, 0.717) is 17.8 Å². The maximum absolute atomic E-state index is 13.2. The van der Waals surface area contributed by atoms with Crippen LogP contribution in [0.3, 0.4) is 0 Å². The van der Waals surface area contributed by atoms with Crippen LogP contribution in [0.15, 0.2) is 23.0 Å². The summed E-state index contributed by atoms with van der Waals surface area (Å²) in [6.07, 6.45) is 0.620. The fraction of sp³-hybridized carbons (Fsp3) is 0.333. The highest BCUT2D eigenvalue weighted by Gasteiger charge is 2.32. The standard InChI is InChI=1S/C12H11F2N3O/c1-6-2-10(17-11(6)15-16-12(17)18)7-3-8(13)5-9(14)4-7/h3-6,10H,2H2,1H3,(H,16,18)/t6-,10-/m0/s1. The SMILES string of the molecule is C[C@H]1C[C@@H](c2cc(F)cc(F)c2)n2c1n[nH]c2=O. The molecule has 4 nitrogen and oxygen atoms in total. The van der Waals surface area contributed by atoms with Gasteiger partial charge in [0.25, 0.3) is 0 Å². The summed E-state index contributed by atoms with van der Waals surface area (Å²) < 4.78 is 27.9. The number of rotatable bonds is 1. The lowest BCUT2D eigenvalue weighted by Gasteiger charge is -2.12. The second kappa shape index (κ2) is 3.76. The molecule has 0 aliphatic carbocycles. The van der Waals surface area contributed by atoms with Crippen molar-refractivity contribution in [1.82, 2.24) is 14.8 Å². The molecule has 0 radical (unpaired) electrons. The van der Waals surface area contributed by atoms with Crippen molar-refractivity contribution < 1.29 is 8.78 Å². The Balaban J connectivity index is 2.14. The van der Waals surface area contributed by atoms with E-state index < -0.39 is 11.6 Å². The highest BCUT2D eigenvalue weighted by atomic mass is 19.1. The molecule has 0 spiro atoms. The van der Waals surface area contributed by atoms with Gasteiger partial charge in [-0.15, -0.1) is 0 Å². The number of fused-ring (bicyclic) bond motifs is 1. The van der Waals surface area contributed by atoms with Crippen LogP contribution in [0.4, 0.5) is 8.78 Å². The molecule has 1 aliphatic rings. The van der Waals surface area contributed by atoms with Crippen molar-refractivity contribution in [2.75, 3.05) is 0 Å². The lowest BCUT2D eigenvalue weighted by atomic mass is 10.00. The monoisotopic (exact) mass is 251 g/mol. The summed E-state index contributed by atoms with van der Waals surface area (Å²) in [6, 6.07) is 2.98. The van der Waals surface area contributed by atoms with Crippen molar-refractivity contribution in [2.45, 2.75) is 25.3 Å². The normalized spacial score (nSPS) is 22.2. The number of nitrogens with one attached hydrogen (secondary N) is 1. The maximum Gasteiger partial charge on any atom is 0.343 e. The highest BCUT2D eigenvalue weighted by molar-refractivity contribution is 5.25. The van der Waals surface area contributed by atoms with Crippen molar-refractivity contribution in [3.8, 4) is 0 Å². The molecule has 6 heteroatoms. The third kappa shape index (κ3) is 1.56. The minimum Gasteiger partial charge on any atom is -0.271 e. The first-order chi connectivity index (χ1) is 8.56. The van der Waals surface area contributed by atoms with E-state index >= 15 is 0 Å². The molecule has 0 amide bonds. The van der Waals surface area contributed by atoms with Crippen LogP contribution >= 0.6 is 0 Å². The first kappa shape index (κ1) is 11.1. The van der Waals surface area contributed by atoms with Gasteiger partial charge in [0.15, 0.2) is 0 Å². The van der Waals surface area contributed by atoms with Gasteiger partial charge in [0.2, 0.25) is 0 Å². The molecule has 2 heterocycles. The van der Waals surface area contributed by atoms with Gasteiger partial charge in [-0.25, -0.2) is 18.7 Å². The lowest BCUT2D eigenvalue weighted by molar-refractivity contribution is 0.545. The van der Waals surface area contributed by atoms with Crippen molar-refractivity contribution in [2.24, 2.45) is 0 Å². The fourth-order valence-electron chi connectivity index (χ4n) is 2.56. The summed E-state index contributed by atoms with van der Waals surface area (Å²) in [4.78, 5) is 11.7. The summed E-state index contributed by atoms with van der Waals surface area (Å²) in [7, 11) is 0. The molecule has 1 aromatic heterocycles. The molecule has 0 fully saturated rings. The van der Waals surface area contributed by atoms with Crippen LogP contribution < -0.4 is 5.69 Å².